The molecule has 0 unspecified atom stereocenters. The summed E-state index contributed by atoms with van der Waals surface area (Å²) >= 11 is 0. The second-order valence-electron chi connectivity index (χ2n) is 2.26. The van der Waals surface area contributed by atoms with Crippen LogP contribution in [0.2, 0.25) is 0 Å². The predicted molar refractivity (Wildman–Crippen MR) is 45.9 cm³/mol. The first-order valence-corrected chi connectivity index (χ1v) is 3.66. The minimum atomic E-state index is 0.00691. The Morgan fingerprint density at radius 3 is 3.17 bits per heavy atom. The van der Waals surface area contributed by atoms with Crippen LogP contribution < -0.4 is 4.74 Å². The van der Waals surface area contributed by atoms with Crippen LogP contribution in [0.3, 0.4) is 0 Å². The molecule has 0 aliphatic heterocycles. The standard InChI is InChI=1S/C9H11NO2/c1-2-5-12-9-6-8(7-11)3-4-10-9/h2-4,6,11H,1,5,7H2. The zero-order valence-corrected chi connectivity index (χ0v) is 6.73. The third kappa shape index (κ3) is 2.36. The van der Waals surface area contributed by atoms with E-state index in [4.69, 9.17) is 9.84 Å². The van der Waals surface area contributed by atoms with Crippen molar-refractivity contribution in [3.8, 4) is 5.88 Å². The second kappa shape index (κ2) is 4.51. The van der Waals surface area contributed by atoms with Crippen LogP contribution in [0, 0.1) is 0 Å². The number of aromatic nitrogens is 1. The van der Waals surface area contributed by atoms with E-state index in [0.717, 1.165) is 5.56 Å². The first-order chi connectivity index (χ1) is 5.86. The topological polar surface area (TPSA) is 42.4 Å². The van der Waals surface area contributed by atoms with Crippen LogP contribution in [-0.4, -0.2) is 16.7 Å². The number of aliphatic hydroxyl groups excluding tert-OH is 1. The van der Waals surface area contributed by atoms with Crippen LogP contribution in [-0.2, 0) is 6.61 Å². The van der Waals surface area contributed by atoms with Crippen LogP contribution in [0.5, 0.6) is 5.88 Å². The Balaban J connectivity index is 2.65. The summed E-state index contributed by atoms with van der Waals surface area (Å²) < 4.78 is 5.16. The number of hydrogen-bond donors (Lipinski definition) is 1. The molecule has 1 aromatic heterocycles. The second-order valence-corrected chi connectivity index (χ2v) is 2.26. The van der Waals surface area contributed by atoms with Crippen molar-refractivity contribution >= 4 is 0 Å². The maximum absolute atomic E-state index is 8.78. The van der Waals surface area contributed by atoms with Gasteiger partial charge in [-0.3, -0.25) is 0 Å². The van der Waals surface area contributed by atoms with Crippen LogP contribution in [0.15, 0.2) is 31.0 Å². The van der Waals surface area contributed by atoms with E-state index in [1.807, 2.05) is 0 Å². The molecule has 12 heavy (non-hydrogen) atoms. The maximum atomic E-state index is 8.78. The molecule has 0 spiro atoms. The molecule has 0 aliphatic carbocycles. The van der Waals surface area contributed by atoms with Gasteiger partial charge in [-0.2, -0.15) is 0 Å². The zero-order chi connectivity index (χ0) is 8.81. The van der Waals surface area contributed by atoms with Gasteiger partial charge in [0.05, 0.1) is 6.61 Å². The van der Waals surface area contributed by atoms with Crippen molar-refractivity contribution in [1.82, 2.24) is 4.98 Å². The summed E-state index contributed by atoms with van der Waals surface area (Å²) in [4.78, 5) is 3.94. The van der Waals surface area contributed by atoms with Gasteiger partial charge in [-0.15, -0.1) is 0 Å². The van der Waals surface area contributed by atoms with Crippen molar-refractivity contribution < 1.29 is 9.84 Å². The van der Waals surface area contributed by atoms with E-state index in [9.17, 15) is 0 Å². The molecular weight excluding hydrogens is 154 g/mol. The monoisotopic (exact) mass is 165 g/mol. The normalized spacial score (nSPS) is 9.42. The molecule has 0 aliphatic rings. The SMILES string of the molecule is C=CCOc1cc(CO)ccn1. The molecular formula is C9H11NO2. The summed E-state index contributed by atoms with van der Waals surface area (Å²) in [5.41, 5.74) is 0.795. The lowest BCUT2D eigenvalue weighted by atomic mass is 10.3. The van der Waals surface area contributed by atoms with Crippen LogP contribution in [0.25, 0.3) is 0 Å². The van der Waals surface area contributed by atoms with E-state index in [0.29, 0.717) is 12.5 Å². The number of rotatable bonds is 4. The summed E-state index contributed by atoms with van der Waals surface area (Å²) in [6.07, 6.45) is 3.25. The summed E-state index contributed by atoms with van der Waals surface area (Å²) in [7, 11) is 0. The predicted octanol–water partition coefficient (Wildman–Crippen LogP) is 1.14. The largest absolute Gasteiger partial charge is 0.473 e. The number of hydrogen-bond acceptors (Lipinski definition) is 3. The van der Waals surface area contributed by atoms with Crippen molar-refractivity contribution in [2.24, 2.45) is 0 Å². The zero-order valence-electron chi connectivity index (χ0n) is 6.73. The quantitative estimate of drug-likeness (QED) is 0.680. The fourth-order valence-corrected chi connectivity index (χ4v) is 0.772. The molecule has 1 N–H and O–H groups in total. The molecule has 64 valence electrons. The molecule has 1 rings (SSSR count). The summed E-state index contributed by atoms with van der Waals surface area (Å²) in [5, 5.41) is 8.78. The fraction of sp³-hybridized carbons (Fsp3) is 0.222. The van der Waals surface area contributed by atoms with Crippen LogP contribution in [0.4, 0.5) is 0 Å². The van der Waals surface area contributed by atoms with Gasteiger partial charge in [0, 0.05) is 12.3 Å². The highest BCUT2D eigenvalue weighted by Crippen LogP contribution is 2.08. The van der Waals surface area contributed by atoms with Gasteiger partial charge in [0.15, 0.2) is 0 Å². The Kier molecular flexibility index (Phi) is 3.29. The summed E-state index contributed by atoms with van der Waals surface area (Å²) in [6.45, 7) is 3.96. The van der Waals surface area contributed by atoms with Crippen molar-refractivity contribution in [1.29, 1.82) is 0 Å². The number of aliphatic hydroxyl groups is 1. The summed E-state index contributed by atoms with van der Waals surface area (Å²) in [5.74, 6) is 0.515. The number of ether oxygens (including phenoxy) is 1. The van der Waals surface area contributed by atoms with Crippen LogP contribution >= 0.6 is 0 Å². The average Bonchev–Trinajstić information content (AvgIpc) is 2.15. The molecule has 0 radical (unpaired) electrons. The molecule has 0 aromatic carbocycles. The van der Waals surface area contributed by atoms with Crippen molar-refractivity contribution in [2.45, 2.75) is 6.61 Å². The Morgan fingerprint density at radius 1 is 1.67 bits per heavy atom. The van der Waals surface area contributed by atoms with E-state index in [1.54, 1.807) is 24.4 Å². The highest BCUT2D eigenvalue weighted by Gasteiger charge is 1.94. The molecule has 0 fully saturated rings. The molecule has 1 heterocycles. The fourth-order valence-electron chi connectivity index (χ4n) is 0.772. The van der Waals surface area contributed by atoms with Gasteiger partial charge in [0.1, 0.15) is 6.61 Å². The van der Waals surface area contributed by atoms with Crippen molar-refractivity contribution in [3.63, 3.8) is 0 Å². The van der Waals surface area contributed by atoms with Gasteiger partial charge in [0.25, 0.3) is 0 Å². The lowest BCUT2D eigenvalue weighted by Crippen LogP contribution is -1.96. The van der Waals surface area contributed by atoms with Gasteiger partial charge in [-0.1, -0.05) is 12.7 Å². The molecule has 0 atom stereocenters. The van der Waals surface area contributed by atoms with E-state index in [2.05, 4.69) is 11.6 Å². The van der Waals surface area contributed by atoms with Gasteiger partial charge in [0.2, 0.25) is 5.88 Å². The van der Waals surface area contributed by atoms with Gasteiger partial charge in [-0.25, -0.2) is 4.98 Å². The maximum Gasteiger partial charge on any atom is 0.213 e. The van der Waals surface area contributed by atoms with E-state index >= 15 is 0 Å². The highest BCUT2D eigenvalue weighted by atomic mass is 16.5. The molecule has 1 aromatic rings. The minimum absolute atomic E-state index is 0.00691. The van der Waals surface area contributed by atoms with Crippen molar-refractivity contribution in [2.75, 3.05) is 6.61 Å². The Bertz CT molecular complexity index is 260. The molecule has 0 amide bonds. The highest BCUT2D eigenvalue weighted by molar-refractivity contribution is 5.19. The Hall–Kier alpha value is -1.35. The Labute approximate surface area is 71.3 Å². The third-order valence-corrected chi connectivity index (χ3v) is 1.33. The molecule has 3 nitrogen and oxygen atoms in total. The number of nitrogens with zero attached hydrogens (tertiary/aromatic N) is 1. The van der Waals surface area contributed by atoms with Crippen LogP contribution in [0.1, 0.15) is 5.56 Å². The molecule has 0 saturated heterocycles. The third-order valence-electron chi connectivity index (χ3n) is 1.33. The van der Waals surface area contributed by atoms with Gasteiger partial charge in [-0.05, 0) is 11.6 Å². The smallest absolute Gasteiger partial charge is 0.213 e. The van der Waals surface area contributed by atoms with Crippen molar-refractivity contribution in [3.05, 3.63) is 36.5 Å². The molecule has 0 saturated carbocycles. The van der Waals surface area contributed by atoms with E-state index < -0.39 is 0 Å². The minimum Gasteiger partial charge on any atom is -0.473 e. The van der Waals surface area contributed by atoms with E-state index in [-0.39, 0.29) is 6.61 Å². The van der Waals surface area contributed by atoms with Gasteiger partial charge >= 0.3 is 0 Å². The van der Waals surface area contributed by atoms with Gasteiger partial charge < -0.3 is 9.84 Å². The lowest BCUT2D eigenvalue weighted by molar-refractivity contribution is 0.279. The molecule has 0 bridgehead atoms. The lowest BCUT2D eigenvalue weighted by Gasteiger charge is -2.02. The molecule has 3 heteroatoms. The number of pyridine rings is 1. The first kappa shape index (κ1) is 8.74. The average molecular weight is 165 g/mol. The van der Waals surface area contributed by atoms with E-state index in [1.165, 1.54) is 0 Å². The Morgan fingerprint density at radius 2 is 2.50 bits per heavy atom. The first-order valence-electron chi connectivity index (χ1n) is 3.66. The summed E-state index contributed by atoms with van der Waals surface area (Å²) in [6, 6.07) is 3.43.